The first kappa shape index (κ1) is 17.9. The fourth-order valence-corrected chi connectivity index (χ4v) is 2.89. The van der Waals surface area contributed by atoms with Crippen molar-refractivity contribution in [2.45, 2.75) is 32.8 Å². The van der Waals surface area contributed by atoms with Gasteiger partial charge in [0, 0.05) is 13.0 Å². The molecule has 2 aromatic carbocycles. The highest BCUT2D eigenvalue weighted by atomic mass is 19.1. The molecule has 0 saturated heterocycles. The predicted octanol–water partition coefficient (Wildman–Crippen LogP) is 3.67. The number of anilines is 2. The van der Waals surface area contributed by atoms with E-state index in [1.807, 2.05) is 25.1 Å². The number of halogens is 1. The van der Waals surface area contributed by atoms with Crippen LogP contribution < -0.4 is 15.0 Å². The summed E-state index contributed by atoms with van der Waals surface area (Å²) in [5.74, 6) is -0.462. The lowest BCUT2D eigenvalue weighted by atomic mass is 10.0. The van der Waals surface area contributed by atoms with Crippen LogP contribution in [0, 0.1) is 12.7 Å². The van der Waals surface area contributed by atoms with E-state index in [0.717, 1.165) is 5.56 Å². The lowest BCUT2D eigenvalue weighted by Crippen LogP contribution is -2.53. The minimum atomic E-state index is -1.01. The van der Waals surface area contributed by atoms with Gasteiger partial charge < -0.3 is 15.0 Å². The molecule has 5 nitrogen and oxygen atoms in total. The Balaban J connectivity index is 1.76. The normalized spacial score (nSPS) is 15.2. The molecule has 1 N–H and O–H groups in total. The molecule has 1 heterocycles. The summed E-state index contributed by atoms with van der Waals surface area (Å²) in [5.41, 5.74) is 0.751. The number of nitrogens with one attached hydrogen (secondary N) is 1. The second kappa shape index (κ2) is 6.78. The van der Waals surface area contributed by atoms with Gasteiger partial charge in [0.2, 0.25) is 5.91 Å². The van der Waals surface area contributed by atoms with Gasteiger partial charge in [0.25, 0.3) is 5.91 Å². The molecule has 0 spiro atoms. The Morgan fingerprint density at radius 3 is 2.69 bits per heavy atom. The van der Waals surface area contributed by atoms with Gasteiger partial charge in [0.15, 0.2) is 5.60 Å². The smallest absolute Gasteiger partial charge is 0.270 e. The summed E-state index contributed by atoms with van der Waals surface area (Å²) >= 11 is 0. The van der Waals surface area contributed by atoms with Gasteiger partial charge in [-0.3, -0.25) is 9.59 Å². The summed E-state index contributed by atoms with van der Waals surface area (Å²) in [7, 11) is 0. The van der Waals surface area contributed by atoms with Crippen molar-refractivity contribution in [1.29, 1.82) is 0 Å². The summed E-state index contributed by atoms with van der Waals surface area (Å²) in [6.45, 7) is 5.50. The molecule has 0 fully saturated rings. The van der Waals surface area contributed by atoms with Crippen molar-refractivity contribution in [2.75, 3.05) is 16.8 Å². The highest BCUT2D eigenvalue weighted by Crippen LogP contribution is 2.38. The number of carbonyl (C=O) groups is 2. The van der Waals surface area contributed by atoms with Gasteiger partial charge in [-0.1, -0.05) is 18.2 Å². The molecule has 0 bridgehead atoms. The molecule has 0 unspecified atom stereocenters. The van der Waals surface area contributed by atoms with Crippen LogP contribution in [0.1, 0.15) is 25.8 Å². The Morgan fingerprint density at radius 1 is 1.23 bits per heavy atom. The Kier molecular flexibility index (Phi) is 4.68. The number of ether oxygens (including phenoxy) is 1. The summed E-state index contributed by atoms with van der Waals surface area (Å²) < 4.78 is 19.4. The van der Waals surface area contributed by atoms with Gasteiger partial charge in [-0.2, -0.15) is 0 Å². The van der Waals surface area contributed by atoms with Crippen LogP contribution in [0.3, 0.4) is 0 Å². The third-order valence-electron chi connectivity index (χ3n) is 4.24. The Bertz CT molecular complexity index is 864. The molecule has 0 aromatic heterocycles. The molecule has 136 valence electrons. The van der Waals surface area contributed by atoms with E-state index >= 15 is 0 Å². The van der Waals surface area contributed by atoms with Crippen LogP contribution in [0.2, 0.25) is 0 Å². The second-order valence-corrected chi connectivity index (χ2v) is 6.82. The third kappa shape index (κ3) is 3.54. The molecule has 2 amide bonds. The van der Waals surface area contributed by atoms with E-state index in [1.165, 1.54) is 12.1 Å². The van der Waals surface area contributed by atoms with Gasteiger partial charge in [0.05, 0.1) is 11.4 Å². The van der Waals surface area contributed by atoms with Crippen molar-refractivity contribution >= 4 is 23.2 Å². The van der Waals surface area contributed by atoms with Crippen LogP contribution in [-0.4, -0.2) is 24.0 Å². The first-order chi connectivity index (χ1) is 12.3. The van der Waals surface area contributed by atoms with Crippen molar-refractivity contribution < 1.29 is 18.7 Å². The van der Waals surface area contributed by atoms with E-state index in [2.05, 4.69) is 5.32 Å². The van der Waals surface area contributed by atoms with E-state index in [4.69, 9.17) is 4.74 Å². The fourth-order valence-electron chi connectivity index (χ4n) is 2.89. The number of carbonyl (C=O) groups excluding carboxylic acids is 2. The SMILES string of the molecule is Cc1ccc2c(c1)N(CCC(=O)Nc1ccccc1F)C(=O)C(C)(C)O2. The Hall–Kier alpha value is -2.89. The summed E-state index contributed by atoms with van der Waals surface area (Å²) in [6, 6.07) is 11.6. The number of nitrogens with zero attached hydrogens (tertiary/aromatic N) is 1. The molecule has 1 aliphatic rings. The highest BCUT2D eigenvalue weighted by molar-refractivity contribution is 6.03. The monoisotopic (exact) mass is 356 g/mol. The standard InChI is InChI=1S/C20H21FN2O3/c1-13-8-9-17-16(12-13)23(19(25)20(2,3)26-17)11-10-18(24)22-15-7-5-4-6-14(15)21/h4-9,12H,10-11H2,1-3H3,(H,22,24). The maximum Gasteiger partial charge on any atom is 0.270 e. The van der Waals surface area contributed by atoms with Gasteiger partial charge in [0.1, 0.15) is 11.6 Å². The van der Waals surface area contributed by atoms with Gasteiger partial charge >= 0.3 is 0 Å². The van der Waals surface area contributed by atoms with Gasteiger partial charge in [-0.25, -0.2) is 4.39 Å². The van der Waals surface area contributed by atoms with Crippen LogP contribution in [0.5, 0.6) is 5.75 Å². The van der Waals surface area contributed by atoms with Crippen LogP contribution >= 0.6 is 0 Å². The molecule has 0 atom stereocenters. The number of hydrogen-bond acceptors (Lipinski definition) is 3. The fraction of sp³-hybridized carbons (Fsp3) is 0.300. The summed E-state index contributed by atoms with van der Waals surface area (Å²) in [5, 5.41) is 2.54. The number of hydrogen-bond donors (Lipinski definition) is 1. The predicted molar refractivity (Wildman–Crippen MR) is 97.9 cm³/mol. The van der Waals surface area contributed by atoms with Crippen molar-refractivity contribution in [3.05, 3.63) is 53.8 Å². The first-order valence-corrected chi connectivity index (χ1v) is 8.44. The minimum Gasteiger partial charge on any atom is -0.476 e. The molecular formula is C20H21FN2O3. The number of rotatable bonds is 4. The van der Waals surface area contributed by atoms with Crippen LogP contribution in [0.25, 0.3) is 0 Å². The Morgan fingerprint density at radius 2 is 1.96 bits per heavy atom. The van der Waals surface area contributed by atoms with Crippen molar-refractivity contribution in [3.8, 4) is 5.75 Å². The maximum atomic E-state index is 13.7. The molecule has 6 heteroatoms. The van der Waals surface area contributed by atoms with Crippen molar-refractivity contribution in [3.63, 3.8) is 0 Å². The van der Waals surface area contributed by atoms with Crippen molar-refractivity contribution in [2.24, 2.45) is 0 Å². The molecule has 0 radical (unpaired) electrons. The molecular weight excluding hydrogens is 335 g/mol. The number of benzene rings is 2. The minimum absolute atomic E-state index is 0.0452. The molecule has 1 aliphatic heterocycles. The maximum absolute atomic E-state index is 13.7. The zero-order valence-electron chi connectivity index (χ0n) is 15.0. The lowest BCUT2D eigenvalue weighted by Gasteiger charge is -2.38. The molecule has 3 rings (SSSR count). The number of aryl methyl sites for hydroxylation is 1. The van der Waals surface area contributed by atoms with E-state index in [-0.39, 0.29) is 30.5 Å². The van der Waals surface area contributed by atoms with E-state index in [9.17, 15) is 14.0 Å². The lowest BCUT2D eigenvalue weighted by molar-refractivity contribution is -0.132. The molecule has 0 saturated carbocycles. The topological polar surface area (TPSA) is 58.6 Å². The number of amides is 2. The highest BCUT2D eigenvalue weighted by Gasteiger charge is 2.40. The number of fused-ring (bicyclic) bond motifs is 1. The molecule has 2 aromatic rings. The van der Waals surface area contributed by atoms with Crippen molar-refractivity contribution in [1.82, 2.24) is 0 Å². The van der Waals surface area contributed by atoms with Crippen LogP contribution in [0.15, 0.2) is 42.5 Å². The average molecular weight is 356 g/mol. The average Bonchev–Trinajstić information content (AvgIpc) is 2.58. The van der Waals surface area contributed by atoms with E-state index in [1.54, 1.807) is 30.9 Å². The summed E-state index contributed by atoms with van der Waals surface area (Å²) in [6.07, 6.45) is 0.0452. The van der Waals surface area contributed by atoms with E-state index in [0.29, 0.717) is 11.4 Å². The quantitative estimate of drug-likeness (QED) is 0.909. The molecule has 26 heavy (non-hydrogen) atoms. The molecule has 0 aliphatic carbocycles. The van der Waals surface area contributed by atoms with Gasteiger partial charge in [-0.15, -0.1) is 0 Å². The zero-order chi connectivity index (χ0) is 18.9. The third-order valence-corrected chi connectivity index (χ3v) is 4.24. The largest absolute Gasteiger partial charge is 0.476 e. The van der Waals surface area contributed by atoms with Crippen LogP contribution in [0.4, 0.5) is 15.8 Å². The summed E-state index contributed by atoms with van der Waals surface area (Å²) in [4.78, 5) is 26.5. The van der Waals surface area contributed by atoms with E-state index < -0.39 is 11.4 Å². The van der Waals surface area contributed by atoms with Gasteiger partial charge in [-0.05, 0) is 50.6 Å². The zero-order valence-corrected chi connectivity index (χ0v) is 15.0. The number of para-hydroxylation sites is 1. The Labute approximate surface area is 151 Å². The first-order valence-electron chi connectivity index (χ1n) is 8.44. The van der Waals surface area contributed by atoms with Crippen LogP contribution in [-0.2, 0) is 9.59 Å². The second-order valence-electron chi connectivity index (χ2n) is 6.82.